The smallest absolute Gasteiger partial charge is 0.0471 e. The summed E-state index contributed by atoms with van der Waals surface area (Å²) in [7, 11) is 2.15. The summed E-state index contributed by atoms with van der Waals surface area (Å²) in [6.45, 7) is 1.56. The maximum Gasteiger partial charge on any atom is 0.0471 e. The van der Waals surface area contributed by atoms with Crippen LogP contribution in [0.5, 0.6) is 0 Å². The molecule has 1 atom stereocenters. The minimum atomic E-state index is 0.247. The Kier molecular flexibility index (Phi) is 4.34. The van der Waals surface area contributed by atoms with E-state index in [1.54, 1.807) is 11.3 Å². The number of benzene rings is 2. The Morgan fingerprint density at radius 1 is 1.05 bits per heavy atom. The molecule has 0 saturated heterocycles. The maximum atomic E-state index is 6.04. The molecule has 2 nitrogen and oxygen atoms in total. The van der Waals surface area contributed by atoms with Gasteiger partial charge in [0.15, 0.2) is 0 Å². The number of hydrogen-bond acceptors (Lipinski definition) is 3. The lowest BCUT2D eigenvalue weighted by molar-refractivity contribution is 0.244. The van der Waals surface area contributed by atoms with Crippen LogP contribution in [0.4, 0.5) is 0 Å². The van der Waals surface area contributed by atoms with Crippen LogP contribution >= 0.6 is 11.3 Å². The third kappa shape index (κ3) is 3.16. The fourth-order valence-electron chi connectivity index (χ4n) is 2.74. The molecule has 0 radical (unpaired) electrons. The predicted molar refractivity (Wildman–Crippen MR) is 91.5 cm³/mol. The van der Waals surface area contributed by atoms with Crippen LogP contribution in [0.2, 0.25) is 0 Å². The summed E-state index contributed by atoms with van der Waals surface area (Å²) in [5, 5.41) is 4.67. The molecule has 3 rings (SSSR count). The Hall–Kier alpha value is -1.68. The van der Waals surface area contributed by atoms with Crippen LogP contribution < -0.4 is 5.73 Å². The van der Waals surface area contributed by atoms with Crippen LogP contribution in [0.25, 0.3) is 10.8 Å². The van der Waals surface area contributed by atoms with Crippen LogP contribution in [0.15, 0.2) is 60.0 Å². The predicted octanol–water partition coefficient (Wildman–Crippen LogP) is 4.03. The fourth-order valence-corrected chi connectivity index (χ4v) is 3.51. The van der Waals surface area contributed by atoms with Crippen molar-refractivity contribution < 1.29 is 0 Å². The van der Waals surface area contributed by atoms with Gasteiger partial charge in [-0.05, 0) is 40.9 Å². The number of rotatable bonds is 5. The SMILES string of the molecule is CN(Cc1cccs1)C(CN)c1ccc2ccccc2c1. The molecule has 1 heterocycles. The first-order chi connectivity index (χ1) is 10.3. The largest absolute Gasteiger partial charge is 0.329 e. The fraction of sp³-hybridized carbons (Fsp3) is 0.222. The second-order valence-corrected chi connectivity index (χ2v) is 6.38. The molecule has 0 fully saturated rings. The van der Waals surface area contributed by atoms with E-state index in [2.05, 4.69) is 71.9 Å². The molecule has 0 spiro atoms. The highest BCUT2D eigenvalue weighted by molar-refractivity contribution is 7.09. The quantitative estimate of drug-likeness (QED) is 0.770. The normalized spacial score (nSPS) is 12.9. The summed E-state index contributed by atoms with van der Waals surface area (Å²) in [6, 6.07) is 19.6. The lowest BCUT2D eigenvalue weighted by atomic mass is 10.0. The Labute approximate surface area is 129 Å². The van der Waals surface area contributed by atoms with Crippen LogP contribution in [-0.4, -0.2) is 18.5 Å². The molecule has 0 bridgehead atoms. The monoisotopic (exact) mass is 296 g/mol. The zero-order chi connectivity index (χ0) is 14.7. The Balaban J connectivity index is 1.86. The first-order valence-electron chi connectivity index (χ1n) is 7.19. The van der Waals surface area contributed by atoms with Gasteiger partial charge in [0.1, 0.15) is 0 Å². The molecule has 2 aromatic carbocycles. The molecule has 0 amide bonds. The minimum absolute atomic E-state index is 0.247. The summed E-state index contributed by atoms with van der Waals surface area (Å²) in [4.78, 5) is 3.70. The van der Waals surface area contributed by atoms with Crippen molar-refractivity contribution in [3.8, 4) is 0 Å². The minimum Gasteiger partial charge on any atom is -0.329 e. The van der Waals surface area contributed by atoms with Crippen molar-refractivity contribution in [2.24, 2.45) is 5.73 Å². The van der Waals surface area contributed by atoms with Crippen molar-refractivity contribution in [3.05, 3.63) is 70.4 Å². The molecule has 2 N–H and O–H groups in total. The van der Waals surface area contributed by atoms with E-state index in [9.17, 15) is 0 Å². The van der Waals surface area contributed by atoms with Gasteiger partial charge < -0.3 is 5.73 Å². The van der Waals surface area contributed by atoms with Crippen molar-refractivity contribution in [1.29, 1.82) is 0 Å². The van der Waals surface area contributed by atoms with Crippen LogP contribution in [0.1, 0.15) is 16.5 Å². The van der Waals surface area contributed by atoms with Gasteiger partial charge in [-0.3, -0.25) is 4.90 Å². The van der Waals surface area contributed by atoms with Crippen molar-refractivity contribution >= 4 is 22.1 Å². The Morgan fingerprint density at radius 3 is 2.57 bits per heavy atom. The van der Waals surface area contributed by atoms with E-state index < -0.39 is 0 Å². The van der Waals surface area contributed by atoms with Crippen molar-refractivity contribution in [2.75, 3.05) is 13.6 Å². The van der Waals surface area contributed by atoms with E-state index in [-0.39, 0.29) is 6.04 Å². The molecule has 1 unspecified atom stereocenters. The summed E-state index contributed by atoms with van der Waals surface area (Å²) < 4.78 is 0. The third-order valence-corrected chi connectivity index (χ3v) is 4.76. The van der Waals surface area contributed by atoms with Crippen molar-refractivity contribution in [2.45, 2.75) is 12.6 Å². The number of hydrogen-bond donors (Lipinski definition) is 1. The molecule has 0 saturated carbocycles. The summed E-state index contributed by atoms with van der Waals surface area (Å²) >= 11 is 1.79. The zero-order valence-corrected chi connectivity index (χ0v) is 13.0. The first-order valence-corrected chi connectivity index (χ1v) is 8.07. The zero-order valence-electron chi connectivity index (χ0n) is 12.2. The molecule has 3 heteroatoms. The maximum absolute atomic E-state index is 6.04. The number of nitrogens with zero attached hydrogens (tertiary/aromatic N) is 1. The van der Waals surface area contributed by atoms with Crippen LogP contribution in [0.3, 0.4) is 0 Å². The highest BCUT2D eigenvalue weighted by Gasteiger charge is 2.16. The average Bonchev–Trinajstić information content (AvgIpc) is 3.01. The molecule has 0 aliphatic carbocycles. The van der Waals surface area contributed by atoms with Gasteiger partial charge in [0, 0.05) is 24.0 Å². The van der Waals surface area contributed by atoms with Crippen LogP contribution in [0, 0.1) is 0 Å². The van der Waals surface area contributed by atoms with Gasteiger partial charge >= 0.3 is 0 Å². The van der Waals surface area contributed by atoms with E-state index in [0.717, 1.165) is 6.54 Å². The van der Waals surface area contributed by atoms with Gasteiger partial charge in [-0.1, -0.05) is 42.5 Å². The molecule has 21 heavy (non-hydrogen) atoms. The molecular formula is C18H20N2S. The molecule has 108 valence electrons. The first kappa shape index (κ1) is 14.3. The lowest BCUT2D eigenvalue weighted by Crippen LogP contribution is -2.29. The van der Waals surface area contributed by atoms with Crippen LogP contribution in [-0.2, 0) is 6.54 Å². The molecule has 3 aromatic rings. The number of likely N-dealkylation sites (N-methyl/N-ethyl adjacent to an activating group) is 1. The second-order valence-electron chi connectivity index (χ2n) is 5.35. The topological polar surface area (TPSA) is 29.3 Å². The van der Waals surface area contributed by atoms with Gasteiger partial charge in [0.25, 0.3) is 0 Å². The highest BCUT2D eigenvalue weighted by Crippen LogP contribution is 2.25. The molecule has 0 aliphatic rings. The Bertz CT molecular complexity index is 706. The van der Waals surface area contributed by atoms with Gasteiger partial charge in [-0.15, -0.1) is 11.3 Å². The molecule has 0 aliphatic heterocycles. The summed E-state index contributed by atoms with van der Waals surface area (Å²) in [5.74, 6) is 0. The standard InChI is InChI=1S/C18H20N2S/c1-20(13-17-7-4-10-21-17)18(12-19)16-9-8-14-5-2-3-6-15(14)11-16/h2-11,18H,12-13,19H2,1H3. The average molecular weight is 296 g/mol. The second kappa shape index (κ2) is 6.39. The van der Waals surface area contributed by atoms with Crippen molar-refractivity contribution in [3.63, 3.8) is 0 Å². The van der Waals surface area contributed by atoms with E-state index in [1.165, 1.54) is 21.2 Å². The van der Waals surface area contributed by atoms with Gasteiger partial charge in [-0.2, -0.15) is 0 Å². The summed E-state index contributed by atoms with van der Waals surface area (Å²) in [5.41, 5.74) is 7.33. The number of fused-ring (bicyclic) bond motifs is 1. The van der Waals surface area contributed by atoms with Gasteiger partial charge in [0.2, 0.25) is 0 Å². The molecule has 1 aromatic heterocycles. The van der Waals surface area contributed by atoms with E-state index in [1.807, 2.05) is 0 Å². The lowest BCUT2D eigenvalue weighted by Gasteiger charge is -2.27. The van der Waals surface area contributed by atoms with Gasteiger partial charge in [-0.25, -0.2) is 0 Å². The van der Waals surface area contributed by atoms with E-state index in [0.29, 0.717) is 6.54 Å². The van der Waals surface area contributed by atoms with Gasteiger partial charge in [0.05, 0.1) is 0 Å². The Morgan fingerprint density at radius 2 is 1.86 bits per heavy atom. The summed E-state index contributed by atoms with van der Waals surface area (Å²) in [6.07, 6.45) is 0. The number of nitrogens with two attached hydrogens (primary N) is 1. The van der Waals surface area contributed by atoms with E-state index in [4.69, 9.17) is 5.73 Å². The third-order valence-electron chi connectivity index (χ3n) is 3.90. The van der Waals surface area contributed by atoms with Crippen molar-refractivity contribution in [1.82, 2.24) is 4.90 Å². The van der Waals surface area contributed by atoms with E-state index >= 15 is 0 Å². The molecular weight excluding hydrogens is 276 g/mol. The highest BCUT2D eigenvalue weighted by atomic mass is 32.1. The number of thiophene rings is 1.